The minimum atomic E-state index is -3.03. The molecule has 6 heteroatoms. The molecule has 0 aliphatic carbocycles. The van der Waals surface area contributed by atoms with E-state index < -0.39 is 24.5 Å². The number of alkyl halides is 2. The Kier molecular flexibility index (Phi) is 4.42. The number of carboxylic acids is 1. The maximum atomic E-state index is 14.1. The number of halogens is 2. The molecular weight excluding hydrogens is 272 g/mol. The SMILES string of the molecule is O=C(O)C1CSCCN1CC(F)(F)c1ccccc1. The van der Waals surface area contributed by atoms with Gasteiger partial charge in [0.2, 0.25) is 0 Å². The van der Waals surface area contributed by atoms with Crippen LogP contribution in [0.25, 0.3) is 0 Å². The molecule has 3 nitrogen and oxygen atoms in total. The average Bonchev–Trinajstić information content (AvgIpc) is 2.39. The molecule has 1 atom stereocenters. The van der Waals surface area contributed by atoms with Crippen molar-refractivity contribution < 1.29 is 18.7 Å². The fourth-order valence-corrected chi connectivity index (χ4v) is 3.19. The van der Waals surface area contributed by atoms with Gasteiger partial charge in [0, 0.05) is 23.6 Å². The van der Waals surface area contributed by atoms with Crippen LogP contribution in [0.5, 0.6) is 0 Å². The van der Waals surface area contributed by atoms with Crippen LogP contribution in [0.3, 0.4) is 0 Å². The molecule has 1 aromatic carbocycles. The van der Waals surface area contributed by atoms with Gasteiger partial charge in [0.15, 0.2) is 0 Å². The number of carbonyl (C=O) groups is 1. The Morgan fingerprint density at radius 2 is 2.11 bits per heavy atom. The molecular formula is C13H15F2NO2S. The van der Waals surface area contributed by atoms with Gasteiger partial charge in [-0.25, -0.2) is 0 Å². The van der Waals surface area contributed by atoms with E-state index in [0.29, 0.717) is 18.1 Å². The van der Waals surface area contributed by atoms with E-state index in [1.165, 1.54) is 28.8 Å². The number of rotatable bonds is 4. The minimum Gasteiger partial charge on any atom is -0.480 e. The molecule has 104 valence electrons. The first kappa shape index (κ1) is 14.3. The van der Waals surface area contributed by atoms with Crippen LogP contribution >= 0.6 is 11.8 Å². The predicted molar refractivity (Wildman–Crippen MR) is 70.7 cm³/mol. The quantitative estimate of drug-likeness (QED) is 0.922. The van der Waals surface area contributed by atoms with Crippen LogP contribution < -0.4 is 0 Å². The first-order chi connectivity index (χ1) is 9.00. The summed E-state index contributed by atoms with van der Waals surface area (Å²) >= 11 is 1.49. The highest BCUT2D eigenvalue weighted by atomic mass is 32.2. The van der Waals surface area contributed by atoms with Gasteiger partial charge < -0.3 is 5.11 Å². The molecule has 0 amide bonds. The Bertz CT molecular complexity index is 442. The van der Waals surface area contributed by atoms with Gasteiger partial charge in [0.1, 0.15) is 6.04 Å². The normalized spacial score (nSPS) is 21.3. The van der Waals surface area contributed by atoms with E-state index in [2.05, 4.69) is 0 Å². The molecule has 1 aliphatic rings. The third-order valence-corrected chi connectivity index (χ3v) is 4.14. The lowest BCUT2D eigenvalue weighted by Gasteiger charge is -2.35. The predicted octanol–water partition coefficient (Wildman–Crippen LogP) is 2.28. The zero-order valence-electron chi connectivity index (χ0n) is 10.3. The molecule has 19 heavy (non-hydrogen) atoms. The van der Waals surface area contributed by atoms with Gasteiger partial charge in [-0.15, -0.1) is 0 Å². The monoisotopic (exact) mass is 287 g/mol. The Labute approximate surface area is 114 Å². The maximum absolute atomic E-state index is 14.1. The summed E-state index contributed by atoms with van der Waals surface area (Å²) in [5.74, 6) is -3.01. The number of hydrogen-bond acceptors (Lipinski definition) is 3. The molecule has 1 aromatic rings. The summed E-state index contributed by atoms with van der Waals surface area (Å²) in [6.07, 6.45) is 0. The van der Waals surface area contributed by atoms with Crippen molar-refractivity contribution in [3.05, 3.63) is 35.9 Å². The third kappa shape index (κ3) is 3.45. The van der Waals surface area contributed by atoms with Gasteiger partial charge >= 0.3 is 5.97 Å². The van der Waals surface area contributed by atoms with Crippen molar-refractivity contribution >= 4 is 17.7 Å². The number of thioether (sulfide) groups is 1. The van der Waals surface area contributed by atoms with E-state index in [1.54, 1.807) is 18.2 Å². The van der Waals surface area contributed by atoms with E-state index in [4.69, 9.17) is 5.11 Å². The Morgan fingerprint density at radius 1 is 1.42 bits per heavy atom. The standard InChI is InChI=1S/C13H15F2NO2S/c14-13(15,10-4-2-1-3-5-10)9-16-6-7-19-8-11(16)12(17)18/h1-5,11H,6-9H2,(H,17,18). The lowest BCUT2D eigenvalue weighted by Crippen LogP contribution is -2.50. The first-order valence-electron chi connectivity index (χ1n) is 5.98. The van der Waals surface area contributed by atoms with Gasteiger partial charge in [-0.05, 0) is 0 Å². The van der Waals surface area contributed by atoms with Gasteiger partial charge in [0.25, 0.3) is 5.92 Å². The molecule has 0 aromatic heterocycles. The van der Waals surface area contributed by atoms with E-state index in [1.807, 2.05) is 0 Å². The van der Waals surface area contributed by atoms with Crippen LogP contribution in [0, 0.1) is 0 Å². The summed E-state index contributed by atoms with van der Waals surface area (Å²) in [5.41, 5.74) is -0.0719. The van der Waals surface area contributed by atoms with Crippen molar-refractivity contribution in [1.82, 2.24) is 4.90 Å². The van der Waals surface area contributed by atoms with Gasteiger partial charge in [-0.3, -0.25) is 9.69 Å². The Hall–Kier alpha value is -1.14. The van der Waals surface area contributed by atoms with Gasteiger partial charge in [-0.2, -0.15) is 20.5 Å². The van der Waals surface area contributed by atoms with Crippen LogP contribution in [0.15, 0.2) is 30.3 Å². The van der Waals surface area contributed by atoms with Crippen LogP contribution in [-0.4, -0.2) is 46.6 Å². The number of hydrogen-bond donors (Lipinski definition) is 1. The highest BCUT2D eigenvalue weighted by Gasteiger charge is 2.39. The number of aliphatic carboxylic acids is 1. The summed E-state index contributed by atoms with van der Waals surface area (Å²) in [4.78, 5) is 12.5. The lowest BCUT2D eigenvalue weighted by atomic mass is 10.1. The molecule has 1 heterocycles. The van der Waals surface area contributed by atoms with Crippen molar-refractivity contribution in [2.45, 2.75) is 12.0 Å². The van der Waals surface area contributed by atoms with E-state index >= 15 is 0 Å². The molecule has 0 saturated carbocycles. The second kappa shape index (κ2) is 5.88. The van der Waals surface area contributed by atoms with Crippen LogP contribution in [0.1, 0.15) is 5.56 Å². The van der Waals surface area contributed by atoms with Crippen molar-refractivity contribution in [1.29, 1.82) is 0 Å². The number of benzene rings is 1. The largest absolute Gasteiger partial charge is 0.480 e. The maximum Gasteiger partial charge on any atom is 0.321 e. The summed E-state index contributed by atoms with van der Waals surface area (Å²) in [5, 5.41) is 9.08. The molecule has 1 fully saturated rings. The molecule has 2 rings (SSSR count). The zero-order valence-corrected chi connectivity index (χ0v) is 11.1. The van der Waals surface area contributed by atoms with Crippen LogP contribution in [0.4, 0.5) is 8.78 Å². The fourth-order valence-electron chi connectivity index (χ4n) is 2.08. The van der Waals surface area contributed by atoms with Crippen molar-refractivity contribution in [2.75, 3.05) is 24.6 Å². The third-order valence-electron chi connectivity index (χ3n) is 3.12. The molecule has 1 N–H and O–H groups in total. The molecule has 1 saturated heterocycles. The van der Waals surface area contributed by atoms with Crippen molar-refractivity contribution in [2.24, 2.45) is 0 Å². The molecule has 1 aliphatic heterocycles. The smallest absolute Gasteiger partial charge is 0.321 e. The summed E-state index contributed by atoms with van der Waals surface area (Å²) in [6.45, 7) is -0.168. The second-order valence-corrected chi connectivity index (χ2v) is 5.62. The topological polar surface area (TPSA) is 40.5 Å². The van der Waals surface area contributed by atoms with E-state index in [-0.39, 0.29) is 5.56 Å². The highest BCUT2D eigenvalue weighted by molar-refractivity contribution is 7.99. The average molecular weight is 287 g/mol. The summed E-state index contributed by atoms with van der Waals surface area (Å²) in [6, 6.07) is 6.71. The zero-order chi connectivity index (χ0) is 13.9. The van der Waals surface area contributed by atoms with Crippen LogP contribution in [0.2, 0.25) is 0 Å². The van der Waals surface area contributed by atoms with Crippen molar-refractivity contribution in [3.63, 3.8) is 0 Å². The highest BCUT2D eigenvalue weighted by Crippen LogP contribution is 2.31. The van der Waals surface area contributed by atoms with Gasteiger partial charge in [-0.1, -0.05) is 30.3 Å². The molecule has 0 spiro atoms. The molecule has 1 unspecified atom stereocenters. The minimum absolute atomic E-state index is 0.0719. The lowest BCUT2D eigenvalue weighted by molar-refractivity contribution is -0.144. The molecule has 0 bridgehead atoms. The summed E-state index contributed by atoms with van der Waals surface area (Å²) < 4.78 is 28.3. The van der Waals surface area contributed by atoms with Gasteiger partial charge in [0.05, 0.1) is 6.54 Å². The van der Waals surface area contributed by atoms with Crippen LogP contribution in [-0.2, 0) is 10.7 Å². The first-order valence-corrected chi connectivity index (χ1v) is 7.14. The molecule has 0 radical (unpaired) electrons. The van der Waals surface area contributed by atoms with Crippen molar-refractivity contribution in [3.8, 4) is 0 Å². The van der Waals surface area contributed by atoms with E-state index in [0.717, 1.165) is 0 Å². The number of nitrogens with zero attached hydrogens (tertiary/aromatic N) is 1. The Balaban J connectivity index is 2.12. The number of carboxylic acid groups (broad SMARTS) is 1. The van der Waals surface area contributed by atoms with E-state index in [9.17, 15) is 13.6 Å². The fraction of sp³-hybridized carbons (Fsp3) is 0.462. The summed E-state index contributed by atoms with van der Waals surface area (Å²) in [7, 11) is 0. The second-order valence-electron chi connectivity index (χ2n) is 4.47. The Morgan fingerprint density at radius 3 is 2.74 bits per heavy atom.